The van der Waals surface area contributed by atoms with Gasteiger partial charge in [0, 0.05) is 13.0 Å². The van der Waals surface area contributed by atoms with Gasteiger partial charge in [0.25, 0.3) is 5.91 Å². The van der Waals surface area contributed by atoms with Crippen molar-refractivity contribution in [2.75, 3.05) is 6.54 Å². The van der Waals surface area contributed by atoms with Gasteiger partial charge < -0.3 is 10.1 Å². The molecule has 0 radical (unpaired) electrons. The molecule has 2 bridgehead atoms. The van der Waals surface area contributed by atoms with E-state index >= 15 is 0 Å². The summed E-state index contributed by atoms with van der Waals surface area (Å²) in [4.78, 5) is 23.2. The highest BCUT2D eigenvalue weighted by molar-refractivity contribution is 6.33. The zero-order valence-electron chi connectivity index (χ0n) is 13.4. The van der Waals surface area contributed by atoms with Crippen molar-refractivity contribution in [2.24, 2.45) is 11.3 Å². The van der Waals surface area contributed by atoms with Crippen molar-refractivity contribution in [1.82, 2.24) is 5.32 Å². The molecule has 3 nitrogen and oxygen atoms in total. The van der Waals surface area contributed by atoms with Gasteiger partial charge in [-0.1, -0.05) is 43.4 Å². The number of nitrogens with one attached hydrogen (secondary N) is 1. The lowest BCUT2D eigenvalue weighted by atomic mass is 9.62. The number of carbonyl (C=O) groups is 2. The fourth-order valence-electron chi connectivity index (χ4n) is 4.40. The monoisotopic (exact) mass is 333 g/mol. The van der Waals surface area contributed by atoms with Gasteiger partial charge in [-0.25, -0.2) is 0 Å². The molecular formula is C19H24ClNO2. The minimum atomic E-state index is -0.121. The Morgan fingerprint density at radius 1 is 1.30 bits per heavy atom. The van der Waals surface area contributed by atoms with Crippen LogP contribution in [0.15, 0.2) is 18.2 Å². The lowest BCUT2D eigenvalue weighted by Crippen LogP contribution is -2.43. The maximum atomic E-state index is 12.5. The Morgan fingerprint density at radius 2 is 2.04 bits per heavy atom. The molecule has 0 atom stereocenters. The first-order chi connectivity index (χ1) is 11.1. The molecule has 4 heteroatoms. The van der Waals surface area contributed by atoms with Crippen LogP contribution in [0.1, 0.15) is 60.9 Å². The summed E-state index contributed by atoms with van der Waals surface area (Å²) in [5, 5.41) is 3.56. The van der Waals surface area contributed by atoms with Gasteiger partial charge in [-0.15, -0.1) is 0 Å². The van der Waals surface area contributed by atoms with Crippen molar-refractivity contribution >= 4 is 23.8 Å². The maximum Gasteiger partial charge on any atom is 0.252 e. The summed E-state index contributed by atoms with van der Waals surface area (Å²) in [5.74, 6) is 0.735. The Balaban J connectivity index is 1.67. The molecule has 0 unspecified atom stereocenters. The highest BCUT2D eigenvalue weighted by Crippen LogP contribution is 2.48. The third-order valence-corrected chi connectivity index (χ3v) is 5.91. The van der Waals surface area contributed by atoms with Crippen molar-refractivity contribution in [3.8, 4) is 0 Å². The first-order valence-electron chi connectivity index (χ1n) is 8.62. The average Bonchev–Trinajstić information content (AvgIpc) is 2.55. The van der Waals surface area contributed by atoms with Crippen molar-refractivity contribution in [2.45, 2.75) is 51.4 Å². The summed E-state index contributed by atoms with van der Waals surface area (Å²) in [6.45, 7) is 0.747. The second kappa shape index (κ2) is 7.04. The highest BCUT2D eigenvalue weighted by atomic mass is 35.5. The van der Waals surface area contributed by atoms with Crippen molar-refractivity contribution in [1.29, 1.82) is 0 Å². The number of amides is 1. The van der Waals surface area contributed by atoms with Crippen LogP contribution in [-0.4, -0.2) is 18.7 Å². The van der Waals surface area contributed by atoms with Crippen LogP contribution in [0.5, 0.6) is 0 Å². The van der Waals surface area contributed by atoms with E-state index < -0.39 is 0 Å². The second-order valence-electron chi connectivity index (χ2n) is 7.22. The van der Waals surface area contributed by atoms with Gasteiger partial charge in [0.05, 0.1) is 10.6 Å². The molecule has 124 valence electrons. The van der Waals surface area contributed by atoms with E-state index in [4.69, 9.17) is 11.6 Å². The molecular weight excluding hydrogens is 310 g/mol. The SMILES string of the molecule is O=CCc1ccc(Cl)c(C(=O)NCC23CCCC(CCC2)C3)c1. The molecule has 3 rings (SSSR count). The lowest BCUT2D eigenvalue weighted by Gasteiger charge is -2.45. The predicted octanol–water partition coefficient (Wildman–Crippen LogP) is 4.17. The molecule has 2 aliphatic carbocycles. The Labute approximate surface area is 142 Å². The third-order valence-electron chi connectivity index (χ3n) is 5.58. The summed E-state index contributed by atoms with van der Waals surface area (Å²) in [7, 11) is 0. The van der Waals surface area contributed by atoms with E-state index in [2.05, 4.69) is 5.32 Å². The van der Waals surface area contributed by atoms with E-state index in [1.165, 1.54) is 44.9 Å². The first kappa shape index (κ1) is 16.5. The summed E-state index contributed by atoms with van der Waals surface area (Å²) in [5.41, 5.74) is 1.60. The normalized spacial score (nSPS) is 26.6. The van der Waals surface area contributed by atoms with Crippen LogP contribution in [0.4, 0.5) is 0 Å². The summed E-state index contributed by atoms with van der Waals surface area (Å²) in [6.07, 6.45) is 10.1. The topological polar surface area (TPSA) is 46.2 Å². The Bertz CT molecular complexity index is 589. The van der Waals surface area contributed by atoms with Gasteiger partial charge in [-0.3, -0.25) is 4.79 Å². The van der Waals surface area contributed by atoms with Crippen molar-refractivity contribution in [3.05, 3.63) is 34.3 Å². The van der Waals surface area contributed by atoms with Gasteiger partial charge in [-0.05, 0) is 48.3 Å². The van der Waals surface area contributed by atoms with E-state index in [9.17, 15) is 9.59 Å². The largest absolute Gasteiger partial charge is 0.351 e. The lowest BCUT2D eigenvalue weighted by molar-refractivity contribution is -0.107. The van der Waals surface area contributed by atoms with E-state index in [1.807, 2.05) is 0 Å². The quantitative estimate of drug-likeness (QED) is 0.822. The van der Waals surface area contributed by atoms with Gasteiger partial charge in [-0.2, -0.15) is 0 Å². The molecule has 0 aromatic heterocycles. The van der Waals surface area contributed by atoms with Crippen molar-refractivity contribution in [3.63, 3.8) is 0 Å². The number of hydrogen-bond acceptors (Lipinski definition) is 2. The first-order valence-corrected chi connectivity index (χ1v) is 9.00. The average molecular weight is 334 g/mol. The molecule has 1 amide bonds. The molecule has 1 N–H and O–H groups in total. The van der Waals surface area contributed by atoms with E-state index in [0.29, 0.717) is 22.4 Å². The van der Waals surface area contributed by atoms with Gasteiger partial charge >= 0.3 is 0 Å². The van der Waals surface area contributed by atoms with E-state index in [-0.39, 0.29) is 5.91 Å². The third kappa shape index (κ3) is 3.77. The minimum absolute atomic E-state index is 0.121. The van der Waals surface area contributed by atoms with E-state index in [0.717, 1.165) is 24.3 Å². The minimum Gasteiger partial charge on any atom is -0.351 e. The molecule has 0 heterocycles. The van der Waals surface area contributed by atoms with Gasteiger partial charge in [0.1, 0.15) is 6.29 Å². The van der Waals surface area contributed by atoms with Crippen LogP contribution in [0, 0.1) is 11.3 Å². The molecule has 1 aromatic rings. The number of fused-ring (bicyclic) bond motifs is 2. The maximum absolute atomic E-state index is 12.5. The molecule has 1 aromatic carbocycles. The zero-order valence-corrected chi connectivity index (χ0v) is 14.2. The Kier molecular flexibility index (Phi) is 5.05. The second-order valence-corrected chi connectivity index (χ2v) is 7.63. The van der Waals surface area contributed by atoms with Gasteiger partial charge in [0.15, 0.2) is 0 Å². The molecule has 23 heavy (non-hydrogen) atoms. The number of benzene rings is 1. The molecule has 2 saturated carbocycles. The fraction of sp³-hybridized carbons (Fsp3) is 0.579. The smallest absolute Gasteiger partial charge is 0.252 e. The Morgan fingerprint density at radius 3 is 2.74 bits per heavy atom. The fourth-order valence-corrected chi connectivity index (χ4v) is 4.61. The summed E-state index contributed by atoms with van der Waals surface area (Å²) < 4.78 is 0. The van der Waals surface area contributed by atoms with Crippen LogP contribution < -0.4 is 5.32 Å². The molecule has 0 saturated heterocycles. The number of halogens is 1. The van der Waals surface area contributed by atoms with Crippen LogP contribution >= 0.6 is 11.6 Å². The molecule has 2 aliphatic rings. The summed E-state index contributed by atoms with van der Waals surface area (Å²) in [6, 6.07) is 5.22. The van der Waals surface area contributed by atoms with Crippen molar-refractivity contribution < 1.29 is 9.59 Å². The van der Waals surface area contributed by atoms with E-state index in [1.54, 1.807) is 18.2 Å². The van der Waals surface area contributed by atoms with Gasteiger partial charge in [0.2, 0.25) is 0 Å². The molecule has 2 fully saturated rings. The van der Waals surface area contributed by atoms with Crippen LogP contribution in [-0.2, 0) is 11.2 Å². The summed E-state index contributed by atoms with van der Waals surface area (Å²) >= 11 is 6.17. The number of carbonyl (C=O) groups excluding carboxylic acids is 2. The number of hydrogen-bond donors (Lipinski definition) is 1. The number of aldehydes is 1. The van der Waals surface area contributed by atoms with Crippen LogP contribution in [0.3, 0.4) is 0 Å². The zero-order chi connectivity index (χ0) is 16.3. The highest BCUT2D eigenvalue weighted by Gasteiger charge is 2.39. The standard InChI is InChI=1S/C19H24ClNO2/c20-17-6-5-14(7-10-22)11-16(17)18(23)21-13-19-8-1-3-15(12-19)4-2-9-19/h5-6,10-11,15H,1-4,7-9,12-13H2,(H,21,23). The van der Waals surface area contributed by atoms with Crippen LogP contribution in [0.25, 0.3) is 0 Å². The molecule has 0 spiro atoms. The number of rotatable bonds is 5. The predicted molar refractivity (Wildman–Crippen MR) is 91.8 cm³/mol. The van der Waals surface area contributed by atoms with Crippen LogP contribution in [0.2, 0.25) is 5.02 Å². The molecule has 0 aliphatic heterocycles. The Hall–Kier alpha value is -1.35.